The lowest BCUT2D eigenvalue weighted by Crippen LogP contribution is -2.41. The van der Waals surface area contributed by atoms with Gasteiger partial charge in [-0.1, -0.05) is 25.7 Å². The van der Waals surface area contributed by atoms with Crippen LogP contribution >= 0.6 is 0 Å². The Morgan fingerprint density at radius 2 is 1.91 bits per heavy atom. The first-order chi connectivity index (χ1) is 16.3. The standard InChI is InChI=1S/C26H32N6O2/c1-4-19(33)32-14-9-18(15-32)22-20(21-23(27)28-16-29-24(21)30(22)3)17-7-10-26(2,11-8-17)25(34)31-12-5-6-13-31/h4,7,9,16H,1,5-6,8,10-15H2,2-3H3,(H2,27,28,29)/t26-/m0/s1. The van der Waals surface area contributed by atoms with Crippen molar-refractivity contribution in [3.8, 4) is 0 Å². The number of carbonyl (C=O) groups is 2. The molecule has 178 valence electrons. The summed E-state index contributed by atoms with van der Waals surface area (Å²) in [6, 6.07) is 0. The average Bonchev–Trinajstić information content (AvgIpc) is 3.59. The zero-order valence-electron chi connectivity index (χ0n) is 20.0. The van der Waals surface area contributed by atoms with E-state index in [2.05, 4.69) is 40.2 Å². The van der Waals surface area contributed by atoms with Gasteiger partial charge < -0.3 is 20.1 Å². The topological polar surface area (TPSA) is 97.3 Å². The SMILES string of the molecule is C=CC(=O)N1CC=C(c2c(C3=CC[C@](C)(C(=O)N4CCCC4)CC3)c3c(N)ncnc3n2C)C1. The predicted octanol–water partition coefficient (Wildman–Crippen LogP) is 3.16. The van der Waals surface area contributed by atoms with E-state index in [1.54, 1.807) is 4.90 Å². The molecule has 2 aliphatic heterocycles. The lowest BCUT2D eigenvalue weighted by atomic mass is 9.74. The van der Waals surface area contributed by atoms with E-state index < -0.39 is 0 Å². The molecule has 5 rings (SSSR count). The van der Waals surface area contributed by atoms with Gasteiger partial charge in [0.05, 0.1) is 16.5 Å². The molecule has 0 unspecified atom stereocenters. The van der Waals surface area contributed by atoms with Gasteiger partial charge in [-0.3, -0.25) is 9.59 Å². The minimum atomic E-state index is -0.375. The van der Waals surface area contributed by atoms with Crippen molar-refractivity contribution in [2.24, 2.45) is 12.5 Å². The van der Waals surface area contributed by atoms with Crippen molar-refractivity contribution in [2.45, 2.75) is 39.0 Å². The highest BCUT2D eigenvalue weighted by Crippen LogP contribution is 2.45. The molecule has 4 heterocycles. The van der Waals surface area contributed by atoms with Crippen molar-refractivity contribution in [3.63, 3.8) is 0 Å². The smallest absolute Gasteiger partial charge is 0.246 e. The van der Waals surface area contributed by atoms with Crippen molar-refractivity contribution in [1.29, 1.82) is 0 Å². The largest absolute Gasteiger partial charge is 0.383 e. The number of aromatic nitrogens is 3. The van der Waals surface area contributed by atoms with E-state index in [0.717, 1.165) is 66.6 Å². The molecule has 34 heavy (non-hydrogen) atoms. The highest BCUT2D eigenvalue weighted by Gasteiger charge is 2.39. The molecule has 3 aliphatic rings. The molecule has 0 spiro atoms. The van der Waals surface area contributed by atoms with Crippen LogP contribution in [0.5, 0.6) is 0 Å². The third kappa shape index (κ3) is 3.52. The molecule has 0 radical (unpaired) electrons. The predicted molar refractivity (Wildman–Crippen MR) is 133 cm³/mol. The van der Waals surface area contributed by atoms with Gasteiger partial charge in [0, 0.05) is 38.8 Å². The van der Waals surface area contributed by atoms with Crippen LogP contribution in [-0.4, -0.2) is 62.3 Å². The van der Waals surface area contributed by atoms with E-state index in [9.17, 15) is 9.59 Å². The Hall–Kier alpha value is -3.42. The van der Waals surface area contributed by atoms with Crippen molar-refractivity contribution in [1.82, 2.24) is 24.3 Å². The minimum absolute atomic E-state index is 0.0843. The third-order valence-electron chi connectivity index (χ3n) is 7.68. The number of aryl methyl sites for hydroxylation is 1. The van der Waals surface area contributed by atoms with E-state index in [-0.39, 0.29) is 17.2 Å². The summed E-state index contributed by atoms with van der Waals surface area (Å²) in [6.45, 7) is 8.52. The molecular weight excluding hydrogens is 428 g/mol. The van der Waals surface area contributed by atoms with E-state index in [4.69, 9.17) is 5.73 Å². The fraction of sp³-hybridized carbons (Fsp3) is 0.462. The summed E-state index contributed by atoms with van der Waals surface area (Å²) in [7, 11) is 1.98. The average molecular weight is 461 g/mol. The normalized spacial score (nSPS) is 22.8. The van der Waals surface area contributed by atoms with Crippen LogP contribution < -0.4 is 5.73 Å². The fourth-order valence-corrected chi connectivity index (χ4v) is 5.67. The van der Waals surface area contributed by atoms with Crippen molar-refractivity contribution in [2.75, 3.05) is 31.9 Å². The van der Waals surface area contributed by atoms with Gasteiger partial charge in [0.15, 0.2) is 0 Å². The lowest BCUT2D eigenvalue weighted by Gasteiger charge is -2.35. The van der Waals surface area contributed by atoms with Crippen LogP contribution in [-0.2, 0) is 16.6 Å². The molecule has 8 nitrogen and oxygen atoms in total. The molecule has 2 aromatic heterocycles. The maximum absolute atomic E-state index is 13.2. The molecule has 2 aromatic rings. The van der Waals surface area contributed by atoms with Crippen LogP contribution in [0.25, 0.3) is 22.2 Å². The number of nitrogens with zero attached hydrogens (tertiary/aromatic N) is 5. The molecule has 2 N–H and O–H groups in total. The number of carbonyl (C=O) groups excluding carboxylic acids is 2. The number of likely N-dealkylation sites (tertiary alicyclic amines) is 1. The van der Waals surface area contributed by atoms with Crippen LogP contribution in [0.4, 0.5) is 5.82 Å². The maximum atomic E-state index is 13.2. The summed E-state index contributed by atoms with van der Waals surface area (Å²) in [4.78, 5) is 38.0. The Morgan fingerprint density at radius 1 is 1.15 bits per heavy atom. The van der Waals surface area contributed by atoms with E-state index in [0.29, 0.717) is 25.3 Å². The van der Waals surface area contributed by atoms with E-state index >= 15 is 0 Å². The Balaban J connectivity index is 1.55. The van der Waals surface area contributed by atoms with Crippen molar-refractivity contribution in [3.05, 3.63) is 42.4 Å². The van der Waals surface area contributed by atoms with Gasteiger partial charge in [-0.15, -0.1) is 0 Å². The van der Waals surface area contributed by atoms with Gasteiger partial charge in [0.2, 0.25) is 11.8 Å². The maximum Gasteiger partial charge on any atom is 0.246 e. The highest BCUT2D eigenvalue weighted by atomic mass is 16.2. The first-order valence-electron chi connectivity index (χ1n) is 12.0. The lowest BCUT2D eigenvalue weighted by molar-refractivity contribution is -0.140. The first kappa shape index (κ1) is 22.4. The molecule has 0 saturated carbocycles. The van der Waals surface area contributed by atoms with Gasteiger partial charge in [-0.05, 0) is 49.3 Å². The number of hydrogen-bond donors (Lipinski definition) is 1. The van der Waals surface area contributed by atoms with E-state index in [1.807, 2.05) is 11.9 Å². The summed E-state index contributed by atoms with van der Waals surface area (Å²) >= 11 is 0. The summed E-state index contributed by atoms with van der Waals surface area (Å²) in [5.41, 5.74) is 11.1. The molecule has 0 bridgehead atoms. The number of rotatable bonds is 4. The van der Waals surface area contributed by atoms with Crippen LogP contribution in [0.15, 0.2) is 31.1 Å². The number of anilines is 1. The number of nitrogen functional groups attached to an aromatic ring is 1. The Labute approximate surface area is 199 Å². The second kappa shape index (κ2) is 8.42. The first-order valence-corrected chi connectivity index (χ1v) is 12.0. The van der Waals surface area contributed by atoms with Crippen LogP contribution in [0.2, 0.25) is 0 Å². The third-order valence-corrected chi connectivity index (χ3v) is 7.68. The molecule has 2 amide bonds. The summed E-state index contributed by atoms with van der Waals surface area (Å²) in [5, 5.41) is 0.843. The van der Waals surface area contributed by atoms with Crippen LogP contribution in [0, 0.1) is 5.41 Å². The Bertz CT molecular complexity index is 1250. The highest BCUT2D eigenvalue weighted by molar-refractivity contribution is 6.03. The second-order valence-electron chi connectivity index (χ2n) is 9.89. The second-order valence-corrected chi connectivity index (χ2v) is 9.89. The zero-order chi connectivity index (χ0) is 24.0. The monoisotopic (exact) mass is 460 g/mol. The molecule has 1 aliphatic carbocycles. The molecular formula is C26H32N6O2. The molecule has 1 atom stereocenters. The molecule has 0 aromatic carbocycles. The van der Waals surface area contributed by atoms with E-state index in [1.165, 1.54) is 18.0 Å². The van der Waals surface area contributed by atoms with Crippen molar-refractivity contribution >= 4 is 39.8 Å². The van der Waals surface area contributed by atoms with Gasteiger partial charge in [0.25, 0.3) is 0 Å². The van der Waals surface area contributed by atoms with Crippen LogP contribution in [0.3, 0.4) is 0 Å². The summed E-state index contributed by atoms with van der Waals surface area (Å²) in [6.07, 6.45) is 11.6. The summed E-state index contributed by atoms with van der Waals surface area (Å²) in [5.74, 6) is 0.638. The van der Waals surface area contributed by atoms with Gasteiger partial charge in [-0.2, -0.15) is 0 Å². The number of fused-ring (bicyclic) bond motifs is 1. The molecule has 8 heteroatoms. The van der Waals surface area contributed by atoms with Gasteiger partial charge >= 0.3 is 0 Å². The van der Waals surface area contributed by atoms with Crippen LogP contribution in [0.1, 0.15) is 50.3 Å². The molecule has 1 saturated heterocycles. The number of hydrogen-bond acceptors (Lipinski definition) is 5. The summed E-state index contributed by atoms with van der Waals surface area (Å²) < 4.78 is 2.06. The quantitative estimate of drug-likeness (QED) is 0.707. The van der Waals surface area contributed by atoms with Gasteiger partial charge in [0.1, 0.15) is 17.8 Å². The number of nitrogens with two attached hydrogens (primary N) is 1. The number of allylic oxidation sites excluding steroid dienone is 2. The fourth-order valence-electron chi connectivity index (χ4n) is 5.67. The Morgan fingerprint density at radius 3 is 2.59 bits per heavy atom. The number of amides is 2. The zero-order valence-corrected chi connectivity index (χ0v) is 20.0. The minimum Gasteiger partial charge on any atom is -0.383 e. The Kier molecular flexibility index (Phi) is 5.54. The molecule has 1 fully saturated rings. The van der Waals surface area contributed by atoms with Gasteiger partial charge in [-0.25, -0.2) is 9.97 Å². The van der Waals surface area contributed by atoms with Crippen molar-refractivity contribution < 1.29 is 9.59 Å².